The third-order valence-corrected chi connectivity index (χ3v) is 7.90. The van der Waals surface area contributed by atoms with Crippen LogP contribution in [0.4, 0.5) is 26.7 Å². The molecule has 242 valence electrons. The SMILES string of the molecule is CCOC(CN(C(=O)C(Cc1c(F)c(F)c(F)c(F)c1F)N(CC1c2ccccc2-c2ccccc21)C(=O)O)C(C)C)OCC. The molecule has 0 saturated carbocycles. The van der Waals surface area contributed by atoms with Crippen LogP contribution in [0.5, 0.6) is 0 Å². The number of nitrogens with zero attached hydrogens (tertiary/aromatic N) is 2. The van der Waals surface area contributed by atoms with E-state index in [1.165, 1.54) is 4.90 Å². The van der Waals surface area contributed by atoms with E-state index >= 15 is 8.78 Å². The molecule has 1 aliphatic carbocycles. The van der Waals surface area contributed by atoms with Crippen molar-refractivity contribution in [3.05, 3.63) is 94.3 Å². The Balaban J connectivity index is 1.84. The van der Waals surface area contributed by atoms with Gasteiger partial charge in [-0.05, 0) is 49.9 Å². The second kappa shape index (κ2) is 14.4. The molecule has 0 aromatic heterocycles. The standard InChI is InChI=1S/C33H35F5N2O5/c1-5-44-26(45-6-2)17-39(18(3)4)32(41)25(15-23-27(34)29(36)31(38)30(37)28(23)35)40(33(42)43)16-24-21-13-9-7-11-19(21)20-12-8-10-14-22(20)24/h7-14,18,24-26H,5-6,15-17H2,1-4H3,(H,42,43). The van der Waals surface area contributed by atoms with Crippen molar-refractivity contribution in [2.45, 2.75) is 58.4 Å². The number of hydrogen-bond donors (Lipinski definition) is 1. The number of ether oxygens (including phenoxy) is 2. The predicted octanol–water partition coefficient (Wildman–Crippen LogP) is 6.72. The van der Waals surface area contributed by atoms with Crippen LogP contribution in [0.15, 0.2) is 48.5 Å². The number of halogens is 5. The molecule has 0 fully saturated rings. The largest absolute Gasteiger partial charge is 0.465 e. The molecule has 0 bridgehead atoms. The Morgan fingerprint density at radius 2 is 1.24 bits per heavy atom. The van der Waals surface area contributed by atoms with Gasteiger partial charge < -0.3 is 19.5 Å². The summed E-state index contributed by atoms with van der Waals surface area (Å²) in [6, 6.07) is 12.1. The van der Waals surface area contributed by atoms with E-state index in [0.29, 0.717) is 0 Å². The van der Waals surface area contributed by atoms with E-state index in [9.17, 15) is 27.9 Å². The lowest BCUT2D eigenvalue weighted by molar-refractivity contribution is -0.164. The van der Waals surface area contributed by atoms with Crippen LogP contribution >= 0.6 is 0 Å². The molecule has 0 radical (unpaired) electrons. The first-order valence-corrected chi connectivity index (χ1v) is 14.6. The number of benzene rings is 3. The quantitative estimate of drug-likeness (QED) is 0.0978. The summed E-state index contributed by atoms with van der Waals surface area (Å²) in [6.45, 7) is 6.61. The van der Waals surface area contributed by atoms with Gasteiger partial charge in [-0.1, -0.05) is 48.5 Å². The number of rotatable bonds is 13. The molecule has 7 nitrogen and oxygen atoms in total. The van der Waals surface area contributed by atoms with Gasteiger partial charge in [0.1, 0.15) is 6.04 Å². The molecule has 45 heavy (non-hydrogen) atoms. The zero-order valence-corrected chi connectivity index (χ0v) is 25.3. The van der Waals surface area contributed by atoms with Gasteiger partial charge in [-0.25, -0.2) is 26.7 Å². The van der Waals surface area contributed by atoms with Gasteiger partial charge in [-0.15, -0.1) is 0 Å². The highest BCUT2D eigenvalue weighted by Crippen LogP contribution is 2.45. The Morgan fingerprint density at radius 3 is 1.69 bits per heavy atom. The van der Waals surface area contributed by atoms with E-state index in [-0.39, 0.29) is 26.3 Å². The zero-order valence-electron chi connectivity index (χ0n) is 25.3. The van der Waals surface area contributed by atoms with Gasteiger partial charge in [0.05, 0.1) is 6.54 Å². The van der Waals surface area contributed by atoms with Gasteiger partial charge in [0.25, 0.3) is 0 Å². The number of amides is 2. The van der Waals surface area contributed by atoms with Crippen molar-refractivity contribution in [3.63, 3.8) is 0 Å². The fourth-order valence-electron chi connectivity index (χ4n) is 5.78. The highest BCUT2D eigenvalue weighted by molar-refractivity contribution is 5.86. The highest BCUT2D eigenvalue weighted by atomic mass is 19.2. The van der Waals surface area contributed by atoms with Crippen LogP contribution in [0.2, 0.25) is 0 Å². The van der Waals surface area contributed by atoms with E-state index in [0.717, 1.165) is 27.2 Å². The Bertz CT molecular complexity index is 1470. The Labute approximate surface area is 258 Å². The minimum absolute atomic E-state index is 0.186. The smallest absolute Gasteiger partial charge is 0.408 e. The summed E-state index contributed by atoms with van der Waals surface area (Å²) >= 11 is 0. The second-order valence-electron chi connectivity index (χ2n) is 10.9. The van der Waals surface area contributed by atoms with Crippen molar-refractivity contribution in [2.24, 2.45) is 0 Å². The van der Waals surface area contributed by atoms with Gasteiger partial charge in [-0.2, -0.15) is 0 Å². The molecule has 0 heterocycles. The van der Waals surface area contributed by atoms with E-state index in [4.69, 9.17) is 9.47 Å². The molecule has 1 atom stereocenters. The topological polar surface area (TPSA) is 79.3 Å². The third-order valence-electron chi connectivity index (χ3n) is 7.90. The van der Waals surface area contributed by atoms with Gasteiger partial charge in [0.2, 0.25) is 11.7 Å². The van der Waals surface area contributed by atoms with Crippen LogP contribution in [0.1, 0.15) is 50.3 Å². The van der Waals surface area contributed by atoms with Crippen LogP contribution in [0, 0.1) is 29.1 Å². The molecule has 1 N–H and O–H groups in total. The minimum atomic E-state index is -2.36. The maximum absolute atomic E-state index is 15.0. The highest BCUT2D eigenvalue weighted by Gasteiger charge is 2.41. The summed E-state index contributed by atoms with van der Waals surface area (Å²) < 4.78 is 83.7. The van der Waals surface area contributed by atoms with Crippen LogP contribution in [-0.4, -0.2) is 71.6 Å². The van der Waals surface area contributed by atoms with Crippen molar-refractivity contribution in [2.75, 3.05) is 26.3 Å². The molecule has 1 aliphatic rings. The van der Waals surface area contributed by atoms with Crippen molar-refractivity contribution in [1.82, 2.24) is 9.80 Å². The fourth-order valence-corrected chi connectivity index (χ4v) is 5.78. The van der Waals surface area contributed by atoms with E-state index < -0.39 is 77.4 Å². The van der Waals surface area contributed by atoms with Crippen LogP contribution < -0.4 is 0 Å². The van der Waals surface area contributed by atoms with Gasteiger partial charge >= 0.3 is 6.09 Å². The summed E-state index contributed by atoms with van der Waals surface area (Å²) in [5.74, 6) is -12.5. The average Bonchev–Trinajstić information content (AvgIpc) is 3.34. The fraction of sp³-hybridized carbons (Fsp3) is 0.394. The van der Waals surface area contributed by atoms with Gasteiger partial charge in [0, 0.05) is 43.7 Å². The van der Waals surface area contributed by atoms with Crippen molar-refractivity contribution in [1.29, 1.82) is 0 Å². The molecular weight excluding hydrogens is 599 g/mol. The molecule has 4 rings (SSSR count). The molecule has 0 saturated heterocycles. The second-order valence-corrected chi connectivity index (χ2v) is 10.9. The maximum Gasteiger partial charge on any atom is 0.408 e. The number of carbonyl (C=O) groups excluding carboxylic acids is 1. The van der Waals surface area contributed by atoms with E-state index in [2.05, 4.69) is 0 Å². The first kappa shape index (κ1) is 33.9. The predicted molar refractivity (Wildman–Crippen MR) is 156 cm³/mol. The lowest BCUT2D eigenvalue weighted by atomic mass is 9.94. The Morgan fingerprint density at radius 1 is 0.778 bits per heavy atom. The number of fused-ring (bicyclic) bond motifs is 3. The lowest BCUT2D eigenvalue weighted by Crippen LogP contribution is -2.56. The number of hydrogen-bond acceptors (Lipinski definition) is 4. The summed E-state index contributed by atoms with van der Waals surface area (Å²) in [5, 5.41) is 10.5. The molecule has 3 aromatic rings. The van der Waals surface area contributed by atoms with Crippen molar-refractivity contribution in [3.8, 4) is 11.1 Å². The number of carbonyl (C=O) groups is 2. The third kappa shape index (κ3) is 6.81. The number of carboxylic acid groups (broad SMARTS) is 1. The van der Waals surface area contributed by atoms with E-state index in [1.807, 2.05) is 36.4 Å². The average molecular weight is 635 g/mol. The van der Waals surface area contributed by atoms with E-state index in [1.54, 1.807) is 39.8 Å². The minimum Gasteiger partial charge on any atom is -0.465 e. The summed E-state index contributed by atoms with van der Waals surface area (Å²) in [5.41, 5.74) is 1.94. The van der Waals surface area contributed by atoms with Crippen molar-refractivity contribution < 1.29 is 46.1 Å². The molecule has 3 aromatic carbocycles. The molecule has 1 unspecified atom stereocenters. The van der Waals surface area contributed by atoms with Crippen molar-refractivity contribution >= 4 is 12.0 Å². The lowest BCUT2D eigenvalue weighted by Gasteiger charge is -2.37. The molecule has 0 spiro atoms. The Kier molecular flexibility index (Phi) is 10.8. The molecule has 0 aliphatic heterocycles. The monoisotopic (exact) mass is 634 g/mol. The normalized spacial score (nSPS) is 13.2. The molecule has 12 heteroatoms. The molecular formula is C33H35F5N2O5. The zero-order chi connectivity index (χ0) is 33.0. The first-order chi connectivity index (χ1) is 21.4. The first-order valence-electron chi connectivity index (χ1n) is 14.6. The van der Waals surface area contributed by atoms with Crippen LogP contribution in [0.3, 0.4) is 0 Å². The summed E-state index contributed by atoms with van der Waals surface area (Å²) in [4.78, 5) is 29.2. The van der Waals surface area contributed by atoms with Gasteiger partial charge in [0.15, 0.2) is 29.6 Å². The van der Waals surface area contributed by atoms with Crippen LogP contribution in [0.25, 0.3) is 11.1 Å². The summed E-state index contributed by atoms with van der Waals surface area (Å²) in [7, 11) is 0. The van der Waals surface area contributed by atoms with Gasteiger partial charge in [-0.3, -0.25) is 9.69 Å². The Hall–Kier alpha value is -4.03. The van der Waals surface area contributed by atoms with Crippen LogP contribution in [-0.2, 0) is 20.7 Å². The molecule has 2 amide bonds. The maximum atomic E-state index is 15.0. The summed E-state index contributed by atoms with van der Waals surface area (Å²) in [6.07, 6.45) is -3.66.